The highest BCUT2D eigenvalue weighted by Gasteiger charge is 2.11. The molecule has 0 radical (unpaired) electrons. The van der Waals surface area contributed by atoms with Crippen LogP contribution in [0.3, 0.4) is 0 Å². The highest BCUT2D eigenvalue weighted by molar-refractivity contribution is 5.78. The Labute approximate surface area is 125 Å². The molecule has 1 atom stereocenters. The van der Waals surface area contributed by atoms with Crippen LogP contribution in [-0.4, -0.2) is 10.1 Å². The molecule has 0 aliphatic heterocycles. The summed E-state index contributed by atoms with van der Waals surface area (Å²) in [4.78, 5) is 4.63. The van der Waals surface area contributed by atoms with E-state index >= 15 is 0 Å². The molecule has 3 aromatic rings. The number of benzene rings is 2. The van der Waals surface area contributed by atoms with Crippen molar-refractivity contribution in [2.24, 2.45) is 0 Å². The summed E-state index contributed by atoms with van der Waals surface area (Å²) in [5.41, 5.74) is 5.21. The van der Waals surface area contributed by atoms with Crippen molar-refractivity contribution in [3.8, 4) is 0 Å². The molecule has 2 heteroatoms. The van der Waals surface area contributed by atoms with Crippen molar-refractivity contribution in [3.63, 3.8) is 0 Å². The Bertz CT molecular complexity index is 759. The molecule has 1 aromatic heterocycles. The first kappa shape index (κ1) is 13.8. The largest absolute Gasteiger partial charge is 0.388 e. The van der Waals surface area contributed by atoms with Crippen LogP contribution < -0.4 is 0 Å². The smallest absolute Gasteiger partial charge is 0.0845 e. The number of aryl methyl sites for hydroxylation is 2. The third-order valence-corrected chi connectivity index (χ3v) is 3.69. The zero-order valence-corrected chi connectivity index (χ0v) is 12.4. The second-order valence-electron chi connectivity index (χ2n) is 5.64. The Morgan fingerprint density at radius 2 is 1.67 bits per heavy atom. The summed E-state index contributed by atoms with van der Waals surface area (Å²) in [5, 5.41) is 11.6. The second kappa shape index (κ2) is 5.66. The number of aromatic nitrogens is 1. The van der Waals surface area contributed by atoms with E-state index < -0.39 is 6.10 Å². The van der Waals surface area contributed by atoms with Gasteiger partial charge in [-0.05, 0) is 31.5 Å². The summed E-state index contributed by atoms with van der Waals surface area (Å²) in [6.07, 6.45) is 0.0190. The van der Waals surface area contributed by atoms with Crippen molar-refractivity contribution in [2.45, 2.75) is 26.4 Å². The summed E-state index contributed by atoms with van der Waals surface area (Å²) >= 11 is 0. The molecule has 0 aliphatic carbocycles. The second-order valence-corrected chi connectivity index (χ2v) is 5.64. The van der Waals surface area contributed by atoms with Crippen molar-refractivity contribution < 1.29 is 5.11 Å². The number of rotatable bonds is 3. The zero-order valence-electron chi connectivity index (χ0n) is 12.4. The minimum atomic E-state index is -0.516. The fourth-order valence-corrected chi connectivity index (χ4v) is 2.74. The highest BCUT2D eigenvalue weighted by Crippen LogP contribution is 2.21. The van der Waals surface area contributed by atoms with Crippen LogP contribution in [0.15, 0.2) is 54.6 Å². The SMILES string of the molecule is Cc1cc(C)cc(C(O)Cc2ccc3ccccc3n2)c1. The van der Waals surface area contributed by atoms with E-state index in [1.165, 1.54) is 11.1 Å². The van der Waals surface area contributed by atoms with Crippen molar-refractivity contribution in [1.82, 2.24) is 4.98 Å². The minimum Gasteiger partial charge on any atom is -0.388 e. The van der Waals surface area contributed by atoms with Crippen molar-refractivity contribution >= 4 is 10.9 Å². The Morgan fingerprint density at radius 3 is 2.43 bits per heavy atom. The number of hydrogen-bond acceptors (Lipinski definition) is 2. The van der Waals surface area contributed by atoms with Crippen molar-refractivity contribution in [1.29, 1.82) is 0 Å². The molecule has 0 aliphatic rings. The average Bonchev–Trinajstić information content (AvgIpc) is 2.46. The standard InChI is InChI=1S/C19H19NO/c1-13-9-14(2)11-16(10-13)19(21)12-17-8-7-15-5-3-4-6-18(15)20-17/h3-11,19,21H,12H2,1-2H3. The van der Waals surface area contributed by atoms with Crippen LogP contribution in [0.4, 0.5) is 0 Å². The molecule has 2 nitrogen and oxygen atoms in total. The molecule has 2 aromatic carbocycles. The van der Waals surface area contributed by atoms with Gasteiger partial charge in [-0.25, -0.2) is 0 Å². The van der Waals surface area contributed by atoms with E-state index in [1.807, 2.05) is 42.5 Å². The number of hydrogen-bond donors (Lipinski definition) is 1. The summed E-state index contributed by atoms with van der Waals surface area (Å²) in [6, 6.07) is 18.3. The van der Waals surface area contributed by atoms with Gasteiger partial charge in [0.15, 0.2) is 0 Å². The molecule has 106 valence electrons. The maximum atomic E-state index is 10.5. The molecule has 0 saturated heterocycles. The molecule has 1 heterocycles. The van der Waals surface area contributed by atoms with Gasteiger partial charge in [-0.15, -0.1) is 0 Å². The average molecular weight is 277 g/mol. The van der Waals surface area contributed by atoms with Crippen LogP contribution in [0.2, 0.25) is 0 Å². The molecule has 0 amide bonds. The molecule has 21 heavy (non-hydrogen) atoms. The quantitative estimate of drug-likeness (QED) is 0.781. The first-order valence-electron chi connectivity index (χ1n) is 7.23. The maximum Gasteiger partial charge on any atom is 0.0845 e. The van der Waals surface area contributed by atoms with Gasteiger partial charge in [-0.3, -0.25) is 4.98 Å². The maximum absolute atomic E-state index is 10.5. The Hall–Kier alpha value is -2.19. The molecule has 0 fully saturated rings. The Kier molecular flexibility index (Phi) is 3.72. The Balaban J connectivity index is 1.86. The van der Waals surface area contributed by atoms with Gasteiger partial charge < -0.3 is 5.11 Å². The van der Waals surface area contributed by atoms with Gasteiger partial charge in [0.05, 0.1) is 11.6 Å². The summed E-state index contributed by atoms with van der Waals surface area (Å²) in [6.45, 7) is 4.11. The molecular weight excluding hydrogens is 258 g/mol. The first-order valence-corrected chi connectivity index (χ1v) is 7.23. The third-order valence-electron chi connectivity index (χ3n) is 3.69. The number of aliphatic hydroxyl groups is 1. The summed E-state index contributed by atoms with van der Waals surface area (Å²) < 4.78 is 0. The van der Waals surface area contributed by atoms with Gasteiger partial charge in [0.25, 0.3) is 0 Å². The lowest BCUT2D eigenvalue weighted by molar-refractivity contribution is 0.177. The van der Waals surface area contributed by atoms with E-state index in [0.29, 0.717) is 6.42 Å². The van der Waals surface area contributed by atoms with Crippen LogP contribution in [-0.2, 0) is 6.42 Å². The molecule has 1 N–H and O–H groups in total. The van der Waals surface area contributed by atoms with Crippen LogP contribution >= 0.6 is 0 Å². The van der Waals surface area contributed by atoms with E-state index in [-0.39, 0.29) is 0 Å². The number of para-hydroxylation sites is 1. The van der Waals surface area contributed by atoms with Crippen molar-refractivity contribution in [2.75, 3.05) is 0 Å². The summed E-state index contributed by atoms with van der Waals surface area (Å²) in [5.74, 6) is 0. The van der Waals surface area contributed by atoms with Gasteiger partial charge in [0.2, 0.25) is 0 Å². The minimum absolute atomic E-state index is 0.516. The number of nitrogens with zero attached hydrogens (tertiary/aromatic N) is 1. The predicted octanol–water partition coefficient (Wildman–Crippen LogP) is 4.13. The topological polar surface area (TPSA) is 33.1 Å². The van der Waals surface area contributed by atoms with Crippen molar-refractivity contribution in [3.05, 3.63) is 77.0 Å². The van der Waals surface area contributed by atoms with Crippen LogP contribution in [0, 0.1) is 13.8 Å². The van der Waals surface area contributed by atoms with E-state index in [4.69, 9.17) is 0 Å². The number of fused-ring (bicyclic) bond motifs is 1. The third kappa shape index (κ3) is 3.11. The van der Waals surface area contributed by atoms with Gasteiger partial charge in [-0.2, -0.15) is 0 Å². The first-order chi connectivity index (χ1) is 10.1. The molecule has 0 saturated carbocycles. The van der Waals surface area contributed by atoms with E-state index in [9.17, 15) is 5.11 Å². The number of aliphatic hydroxyl groups excluding tert-OH is 1. The summed E-state index contributed by atoms with van der Waals surface area (Å²) in [7, 11) is 0. The Morgan fingerprint density at radius 1 is 0.952 bits per heavy atom. The van der Waals surface area contributed by atoms with Crippen LogP contribution in [0.25, 0.3) is 10.9 Å². The lowest BCUT2D eigenvalue weighted by atomic mass is 10.00. The normalized spacial score (nSPS) is 12.5. The van der Waals surface area contributed by atoms with Gasteiger partial charge in [0, 0.05) is 17.5 Å². The van der Waals surface area contributed by atoms with Gasteiger partial charge >= 0.3 is 0 Å². The lowest BCUT2D eigenvalue weighted by Gasteiger charge is -2.13. The molecule has 1 unspecified atom stereocenters. The van der Waals surface area contributed by atoms with Crippen LogP contribution in [0.5, 0.6) is 0 Å². The molecule has 0 spiro atoms. The monoisotopic (exact) mass is 277 g/mol. The fraction of sp³-hybridized carbons (Fsp3) is 0.211. The van der Waals surface area contributed by atoms with E-state index in [1.54, 1.807) is 0 Å². The van der Waals surface area contributed by atoms with Crippen LogP contribution in [0.1, 0.15) is 28.5 Å². The van der Waals surface area contributed by atoms with Gasteiger partial charge in [0.1, 0.15) is 0 Å². The van der Waals surface area contributed by atoms with Gasteiger partial charge in [-0.1, -0.05) is 53.6 Å². The molecular formula is C19H19NO. The predicted molar refractivity (Wildman–Crippen MR) is 86.3 cm³/mol. The molecule has 3 rings (SSSR count). The highest BCUT2D eigenvalue weighted by atomic mass is 16.3. The lowest BCUT2D eigenvalue weighted by Crippen LogP contribution is -2.04. The van der Waals surface area contributed by atoms with E-state index in [2.05, 4.69) is 31.0 Å². The molecule has 0 bridgehead atoms. The zero-order chi connectivity index (χ0) is 14.8. The fourth-order valence-electron chi connectivity index (χ4n) is 2.74. The van der Waals surface area contributed by atoms with E-state index in [0.717, 1.165) is 22.2 Å². The number of pyridine rings is 1.